The lowest BCUT2D eigenvalue weighted by Crippen LogP contribution is -2.48. The van der Waals surface area contributed by atoms with Crippen LogP contribution in [0.1, 0.15) is 18.4 Å². The van der Waals surface area contributed by atoms with E-state index in [9.17, 15) is 4.79 Å². The summed E-state index contributed by atoms with van der Waals surface area (Å²) in [7, 11) is 0. The smallest absolute Gasteiger partial charge is 0.333 e. The van der Waals surface area contributed by atoms with Crippen LogP contribution in [0.25, 0.3) is 0 Å². The molecule has 98 valence electrons. The molecule has 0 bridgehead atoms. The van der Waals surface area contributed by atoms with Crippen LogP contribution in [-0.2, 0) is 0 Å². The van der Waals surface area contributed by atoms with Crippen molar-refractivity contribution in [2.24, 2.45) is 0 Å². The van der Waals surface area contributed by atoms with Crippen LogP contribution in [0, 0.1) is 6.92 Å². The fourth-order valence-corrected chi connectivity index (χ4v) is 2.18. The van der Waals surface area contributed by atoms with Crippen molar-refractivity contribution < 1.29 is 9.90 Å². The molecule has 0 radical (unpaired) electrons. The number of carbonyl (C=O) groups is 1. The largest absolute Gasteiger partial charge is 0.395 e. The third-order valence-corrected chi connectivity index (χ3v) is 3.11. The zero-order chi connectivity index (χ0) is 13.0. The molecular weight excluding hydrogens is 230 g/mol. The predicted molar refractivity (Wildman–Crippen MR) is 70.1 cm³/mol. The highest BCUT2D eigenvalue weighted by Gasteiger charge is 2.24. The highest BCUT2D eigenvalue weighted by atomic mass is 16.3. The lowest BCUT2D eigenvalue weighted by atomic mass is 10.2. The summed E-state index contributed by atoms with van der Waals surface area (Å²) in [5, 5.41) is 13.7. The van der Waals surface area contributed by atoms with E-state index in [1.54, 1.807) is 5.01 Å². The maximum atomic E-state index is 11.8. The molecule has 1 aromatic carbocycles. The van der Waals surface area contributed by atoms with E-state index in [-0.39, 0.29) is 18.7 Å². The Balaban J connectivity index is 1.89. The SMILES string of the molecule is Cc1cccc(NC(=O)NN2CCCC2CO)c1. The van der Waals surface area contributed by atoms with Crippen molar-refractivity contribution in [3.05, 3.63) is 29.8 Å². The quantitative estimate of drug-likeness (QED) is 0.760. The lowest BCUT2D eigenvalue weighted by molar-refractivity contribution is 0.123. The van der Waals surface area contributed by atoms with Crippen molar-refractivity contribution in [3.63, 3.8) is 0 Å². The van der Waals surface area contributed by atoms with Crippen molar-refractivity contribution in [2.45, 2.75) is 25.8 Å². The second-order valence-electron chi connectivity index (χ2n) is 4.61. The van der Waals surface area contributed by atoms with Crippen LogP contribution < -0.4 is 10.7 Å². The number of nitrogens with zero attached hydrogens (tertiary/aromatic N) is 1. The number of urea groups is 1. The van der Waals surface area contributed by atoms with Gasteiger partial charge in [0.05, 0.1) is 12.6 Å². The van der Waals surface area contributed by atoms with Crippen molar-refractivity contribution in [1.82, 2.24) is 10.4 Å². The minimum Gasteiger partial charge on any atom is -0.395 e. The molecule has 1 unspecified atom stereocenters. The fraction of sp³-hybridized carbons (Fsp3) is 0.462. The number of nitrogens with one attached hydrogen (secondary N) is 2. The number of aliphatic hydroxyl groups excluding tert-OH is 1. The van der Waals surface area contributed by atoms with Crippen LogP contribution in [0.5, 0.6) is 0 Å². The molecule has 0 aliphatic carbocycles. The molecule has 0 spiro atoms. The maximum absolute atomic E-state index is 11.8. The Morgan fingerprint density at radius 2 is 2.39 bits per heavy atom. The molecule has 0 aromatic heterocycles. The third-order valence-electron chi connectivity index (χ3n) is 3.11. The molecule has 3 N–H and O–H groups in total. The minimum absolute atomic E-state index is 0.0354. The van der Waals surface area contributed by atoms with Crippen LogP contribution in [0.3, 0.4) is 0 Å². The Morgan fingerprint density at radius 3 is 3.11 bits per heavy atom. The van der Waals surface area contributed by atoms with E-state index in [0.29, 0.717) is 0 Å². The molecule has 1 heterocycles. The van der Waals surface area contributed by atoms with Gasteiger partial charge in [0, 0.05) is 12.2 Å². The van der Waals surface area contributed by atoms with Gasteiger partial charge in [0.15, 0.2) is 0 Å². The second kappa shape index (κ2) is 5.84. The van der Waals surface area contributed by atoms with Gasteiger partial charge in [-0.2, -0.15) is 0 Å². The van der Waals surface area contributed by atoms with Gasteiger partial charge in [-0.25, -0.2) is 9.80 Å². The number of aryl methyl sites for hydroxylation is 1. The van der Waals surface area contributed by atoms with Gasteiger partial charge in [0.1, 0.15) is 0 Å². The second-order valence-corrected chi connectivity index (χ2v) is 4.61. The van der Waals surface area contributed by atoms with Crippen molar-refractivity contribution in [2.75, 3.05) is 18.5 Å². The summed E-state index contributed by atoms with van der Waals surface area (Å²) in [6.07, 6.45) is 1.91. The Hall–Kier alpha value is -1.59. The predicted octanol–water partition coefficient (Wildman–Crippen LogP) is 1.49. The van der Waals surface area contributed by atoms with Gasteiger partial charge in [0.2, 0.25) is 0 Å². The number of benzene rings is 1. The van der Waals surface area contributed by atoms with E-state index in [2.05, 4.69) is 10.7 Å². The van der Waals surface area contributed by atoms with Gasteiger partial charge in [-0.1, -0.05) is 12.1 Å². The van der Waals surface area contributed by atoms with Crippen molar-refractivity contribution >= 4 is 11.7 Å². The Bertz CT molecular complexity index is 422. The van der Waals surface area contributed by atoms with Crippen LogP contribution in [0.15, 0.2) is 24.3 Å². The number of amides is 2. The third kappa shape index (κ3) is 3.21. The van der Waals surface area contributed by atoms with Gasteiger partial charge in [-0.3, -0.25) is 5.43 Å². The van der Waals surface area contributed by atoms with Gasteiger partial charge in [-0.15, -0.1) is 0 Å². The topological polar surface area (TPSA) is 64.6 Å². The van der Waals surface area contributed by atoms with Crippen molar-refractivity contribution in [1.29, 1.82) is 0 Å². The lowest BCUT2D eigenvalue weighted by Gasteiger charge is -2.23. The molecule has 5 heteroatoms. The highest BCUT2D eigenvalue weighted by Crippen LogP contribution is 2.14. The average molecular weight is 249 g/mol. The first-order chi connectivity index (χ1) is 8.69. The minimum atomic E-state index is -0.263. The van der Waals surface area contributed by atoms with E-state index < -0.39 is 0 Å². The first kappa shape index (κ1) is 12.9. The van der Waals surface area contributed by atoms with Gasteiger partial charge in [0.25, 0.3) is 0 Å². The number of hydrazine groups is 1. The highest BCUT2D eigenvalue weighted by molar-refractivity contribution is 5.88. The summed E-state index contributed by atoms with van der Waals surface area (Å²) in [6.45, 7) is 2.84. The van der Waals surface area contributed by atoms with E-state index in [1.165, 1.54) is 0 Å². The van der Waals surface area contributed by atoms with Crippen LogP contribution >= 0.6 is 0 Å². The zero-order valence-electron chi connectivity index (χ0n) is 10.5. The van der Waals surface area contributed by atoms with Gasteiger partial charge >= 0.3 is 6.03 Å². The molecule has 2 rings (SSSR count). The van der Waals surface area contributed by atoms with E-state index >= 15 is 0 Å². The number of rotatable bonds is 3. The summed E-state index contributed by atoms with van der Waals surface area (Å²) in [5.41, 5.74) is 4.64. The molecule has 1 aromatic rings. The van der Waals surface area contributed by atoms with Crippen LogP contribution in [0.2, 0.25) is 0 Å². The van der Waals surface area contributed by atoms with Crippen LogP contribution in [-0.4, -0.2) is 35.3 Å². The van der Waals surface area contributed by atoms with Gasteiger partial charge in [-0.05, 0) is 37.5 Å². The number of aliphatic hydroxyl groups is 1. The molecule has 5 nitrogen and oxygen atoms in total. The Labute approximate surface area is 107 Å². The fourth-order valence-electron chi connectivity index (χ4n) is 2.18. The summed E-state index contributed by atoms with van der Waals surface area (Å²) in [4.78, 5) is 11.8. The first-order valence-corrected chi connectivity index (χ1v) is 6.21. The molecule has 0 saturated carbocycles. The van der Waals surface area contributed by atoms with Gasteiger partial charge < -0.3 is 10.4 Å². The molecular formula is C13H19N3O2. The number of anilines is 1. The maximum Gasteiger partial charge on any atom is 0.333 e. The summed E-state index contributed by atoms with van der Waals surface area (Å²) >= 11 is 0. The normalized spacial score (nSPS) is 19.8. The number of hydrogen-bond acceptors (Lipinski definition) is 3. The number of carbonyl (C=O) groups excluding carboxylic acids is 1. The van der Waals surface area contributed by atoms with Crippen LogP contribution in [0.4, 0.5) is 10.5 Å². The summed E-state index contributed by atoms with van der Waals surface area (Å²) in [6, 6.07) is 7.41. The van der Waals surface area contributed by atoms with E-state index in [1.807, 2.05) is 31.2 Å². The number of hydrogen-bond donors (Lipinski definition) is 3. The standard InChI is InChI=1S/C13H19N3O2/c1-10-4-2-5-11(8-10)14-13(18)15-16-7-3-6-12(16)9-17/h2,4-5,8,12,17H,3,6-7,9H2,1H3,(H2,14,15,18). The van der Waals surface area contributed by atoms with E-state index in [0.717, 1.165) is 30.6 Å². The molecule has 1 aliphatic heterocycles. The molecule has 2 amide bonds. The zero-order valence-corrected chi connectivity index (χ0v) is 10.5. The molecule has 1 saturated heterocycles. The Morgan fingerprint density at radius 1 is 1.56 bits per heavy atom. The monoisotopic (exact) mass is 249 g/mol. The Kier molecular flexibility index (Phi) is 4.17. The first-order valence-electron chi connectivity index (χ1n) is 6.21. The molecule has 1 aliphatic rings. The molecule has 1 atom stereocenters. The molecule has 1 fully saturated rings. The van der Waals surface area contributed by atoms with E-state index in [4.69, 9.17) is 5.11 Å². The summed E-state index contributed by atoms with van der Waals surface area (Å²) < 4.78 is 0. The van der Waals surface area contributed by atoms with Crippen molar-refractivity contribution in [3.8, 4) is 0 Å². The average Bonchev–Trinajstić information content (AvgIpc) is 2.76. The molecule has 18 heavy (non-hydrogen) atoms. The summed E-state index contributed by atoms with van der Waals surface area (Å²) in [5.74, 6) is 0.